The first kappa shape index (κ1) is 15.6. The highest BCUT2D eigenvalue weighted by atomic mass is 19.1. The van der Waals surface area contributed by atoms with Gasteiger partial charge in [0.2, 0.25) is 11.8 Å². The van der Waals surface area contributed by atoms with Crippen molar-refractivity contribution < 1.29 is 14.0 Å². The minimum absolute atomic E-state index is 0.000713. The number of benzene rings is 1. The fourth-order valence-electron chi connectivity index (χ4n) is 2.70. The van der Waals surface area contributed by atoms with Crippen LogP contribution >= 0.6 is 0 Å². The molecule has 2 unspecified atom stereocenters. The molecule has 114 valence electrons. The van der Waals surface area contributed by atoms with Crippen LogP contribution in [0.1, 0.15) is 32.4 Å². The van der Waals surface area contributed by atoms with Crippen LogP contribution in [0.5, 0.6) is 0 Å². The van der Waals surface area contributed by atoms with Crippen molar-refractivity contribution in [3.05, 3.63) is 35.6 Å². The van der Waals surface area contributed by atoms with Crippen LogP contribution in [0.15, 0.2) is 24.3 Å². The molecule has 0 aliphatic carbocycles. The molecule has 0 saturated carbocycles. The van der Waals surface area contributed by atoms with Crippen LogP contribution in [0.4, 0.5) is 4.39 Å². The summed E-state index contributed by atoms with van der Waals surface area (Å²) in [6.45, 7) is 5.14. The lowest BCUT2D eigenvalue weighted by atomic mass is 9.90. The smallest absolute Gasteiger partial charge is 0.246 e. The molecule has 1 aliphatic heterocycles. The van der Waals surface area contributed by atoms with Crippen molar-refractivity contribution in [2.75, 3.05) is 6.54 Å². The molecule has 2 atom stereocenters. The average Bonchev–Trinajstić information content (AvgIpc) is 2.38. The average molecular weight is 293 g/mol. The van der Waals surface area contributed by atoms with Crippen LogP contribution in [0.2, 0.25) is 0 Å². The Morgan fingerprint density at radius 1 is 1.33 bits per heavy atom. The summed E-state index contributed by atoms with van der Waals surface area (Å²) in [4.78, 5) is 25.4. The summed E-state index contributed by atoms with van der Waals surface area (Å²) >= 11 is 0. The first-order valence-corrected chi connectivity index (χ1v) is 6.86. The molecule has 1 saturated heterocycles. The molecule has 1 aliphatic rings. The molecule has 1 heterocycles. The number of hydrogen-bond donors (Lipinski definition) is 2. The number of nitrogens with two attached hydrogens (primary N) is 1. The summed E-state index contributed by atoms with van der Waals surface area (Å²) in [6.07, 6.45) is 0. The van der Waals surface area contributed by atoms with Crippen LogP contribution in [-0.4, -0.2) is 34.8 Å². The van der Waals surface area contributed by atoms with Crippen LogP contribution in [0, 0.1) is 5.82 Å². The zero-order chi connectivity index (χ0) is 15.8. The number of nitrogens with zero attached hydrogens (tertiary/aromatic N) is 1. The summed E-state index contributed by atoms with van der Waals surface area (Å²) in [5.41, 5.74) is 5.47. The fraction of sp³-hybridized carbons (Fsp3) is 0.467. The second-order valence-corrected chi connectivity index (χ2v) is 5.89. The number of carbonyl (C=O) groups excluding carboxylic acids is 2. The number of amides is 2. The topological polar surface area (TPSA) is 75.4 Å². The van der Waals surface area contributed by atoms with Gasteiger partial charge in [-0.05, 0) is 26.8 Å². The molecule has 0 bridgehead atoms. The molecule has 1 fully saturated rings. The molecule has 0 radical (unpaired) electrons. The molecular formula is C15H20FN3O2. The molecule has 1 aromatic rings. The maximum absolute atomic E-state index is 14.1. The monoisotopic (exact) mass is 293 g/mol. The molecule has 1 aromatic carbocycles. The highest BCUT2D eigenvalue weighted by Gasteiger charge is 2.45. The van der Waals surface area contributed by atoms with Gasteiger partial charge in [0.05, 0.1) is 18.1 Å². The van der Waals surface area contributed by atoms with Gasteiger partial charge < -0.3 is 5.73 Å². The number of halogens is 1. The van der Waals surface area contributed by atoms with E-state index in [-0.39, 0.29) is 6.54 Å². The molecule has 0 spiro atoms. The molecule has 3 N–H and O–H groups in total. The zero-order valence-corrected chi connectivity index (χ0v) is 12.4. The number of nitrogens with one attached hydrogen (secondary N) is 1. The quantitative estimate of drug-likeness (QED) is 0.814. The Kier molecular flexibility index (Phi) is 4.11. The zero-order valence-electron chi connectivity index (χ0n) is 12.4. The van der Waals surface area contributed by atoms with Crippen LogP contribution in [-0.2, 0) is 9.59 Å². The lowest BCUT2D eigenvalue weighted by molar-refractivity contribution is -0.148. The Bertz CT molecular complexity index is 572. The van der Waals surface area contributed by atoms with E-state index in [1.807, 2.05) is 0 Å². The standard InChI is InChI=1S/C15H20FN3O2/c1-9(17)13(10-6-4-5-7-11(10)16)19-8-12(20)18-14(21)15(19,2)3/h4-7,9,13H,8,17H2,1-3H3,(H,18,20,21). The van der Waals surface area contributed by atoms with Crippen LogP contribution < -0.4 is 11.1 Å². The van der Waals surface area contributed by atoms with Crippen molar-refractivity contribution in [1.29, 1.82) is 0 Å². The summed E-state index contributed by atoms with van der Waals surface area (Å²) in [5, 5.41) is 2.31. The predicted molar refractivity (Wildman–Crippen MR) is 76.7 cm³/mol. The number of imide groups is 1. The van der Waals surface area contributed by atoms with E-state index in [1.54, 1.807) is 43.9 Å². The van der Waals surface area contributed by atoms with Gasteiger partial charge in [-0.15, -0.1) is 0 Å². The second kappa shape index (κ2) is 5.54. The van der Waals surface area contributed by atoms with Gasteiger partial charge >= 0.3 is 0 Å². The van der Waals surface area contributed by atoms with E-state index in [4.69, 9.17) is 5.73 Å². The first-order chi connectivity index (χ1) is 9.75. The van der Waals surface area contributed by atoms with E-state index in [0.717, 1.165) is 0 Å². The Balaban J connectivity index is 2.49. The molecule has 21 heavy (non-hydrogen) atoms. The van der Waals surface area contributed by atoms with E-state index in [2.05, 4.69) is 5.32 Å². The van der Waals surface area contributed by atoms with Gasteiger partial charge in [-0.3, -0.25) is 19.8 Å². The number of hydrogen-bond acceptors (Lipinski definition) is 4. The molecule has 2 rings (SSSR count). The van der Waals surface area contributed by atoms with Crippen molar-refractivity contribution in [2.45, 2.75) is 38.4 Å². The Hall–Kier alpha value is -1.79. The van der Waals surface area contributed by atoms with E-state index >= 15 is 0 Å². The van der Waals surface area contributed by atoms with E-state index in [9.17, 15) is 14.0 Å². The highest BCUT2D eigenvalue weighted by Crippen LogP contribution is 2.33. The molecule has 6 heteroatoms. The van der Waals surface area contributed by atoms with E-state index in [0.29, 0.717) is 5.56 Å². The van der Waals surface area contributed by atoms with Gasteiger partial charge in [0.15, 0.2) is 0 Å². The van der Waals surface area contributed by atoms with Crippen LogP contribution in [0.3, 0.4) is 0 Å². The third-order valence-corrected chi connectivity index (χ3v) is 3.90. The van der Waals surface area contributed by atoms with E-state index < -0.39 is 35.3 Å². The maximum atomic E-state index is 14.1. The van der Waals surface area contributed by atoms with Crippen molar-refractivity contribution in [3.63, 3.8) is 0 Å². The fourth-order valence-corrected chi connectivity index (χ4v) is 2.70. The van der Waals surface area contributed by atoms with Gasteiger partial charge in [-0.25, -0.2) is 4.39 Å². The summed E-state index contributed by atoms with van der Waals surface area (Å²) in [7, 11) is 0. The predicted octanol–water partition coefficient (Wildman–Crippen LogP) is 0.951. The maximum Gasteiger partial charge on any atom is 0.246 e. The molecular weight excluding hydrogens is 273 g/mol. The van der Waals surface area contributed by atoms with E-state index in [1.165, 1.54) is 6.07 Å². The van der Waals surface area contributed by atoms with Crippen molar-refractivity contribution >= 4 is 11.8 Å². The highest BCUT2D eigenvalue weighted by molar-refractivity contribution is 6.03. The minimum atomic E-state index is -0.950. The number of rotatable bonds is 3. The summed E-state index contributed by atoms with van der Waals surface area (Å²) < 4.78 is 14.1. The third kappa shape index (κ3) is 2.82. The normalized spacial score (nSPS) is 21.8. The van der Waals surface area contributed by atoms with Gasteiger partial charge in [0.1, 0.15) is 5.82 Å². The van der Waals surface area contributed by atoms with Gasteiger partial charge in [0.25, 0.3) is 0 Å². The minimum Gasteiger partial charge on any atom is -0.326 e. The summed E-state index contributed by atoms with van der Waals surface area (Å²) in [6, 6.07) is 5.29. The Morgan fingerprint density at radius 3 is 2.52 bits per heavy atom. The lowest BCUT2D eigenvalue weighted by Gasteiger charge is -2.46. The SMILES string of the molecule is CC(N)C(c1ccccc1F)N1CC(=O)NC(=O)C1(C)C. The first-order valence-electron chi connectivity index (χ1n) is 6.86. The van der Waals surface area contributed by atoms with Crippen molar-refractivity contribution in [1.82, 2.24) is 10.2 Å². The number of carbonyl (C=O) groups is 2. The molecule has 5 nitrogen and oxygen atoms in total. The third-order valence-electron chi connectivity index (χ3n) is 3.90. The molecule has 0 aromatic heterocycles. The second-order valence-electron chi connectivity index (χ2n) is 5.89. The molecule has 2 amide bonds. The van der Waals surface area contributed by atoms with Gasteiger partial charge in [-0.1, -0.05) is 18.2 Å². The largest absolute Gasteiger partial charge is 0.326 e. The van der Waals surface area contributed by atoms with Gasteiger partial charge in [-0.2, -0.15) is 0 Å². The number of piperazine rings is 1. The van der Waals surface area contributed by atoms with Crippen molar-refractivity contribution in [3.8, 4) is 0 Å². The van der Waals surface area contributed by atoms with Crippen LogP contribution in [0.25, 0.3) is 0 Å². The Labute approximate surface area is 123 Å². The Morgan fingerprint density at radius 2 is 1.95 bits per heavy atom. The summed E-state index contributed by atoms with van der Waals surface area (Å²) in [5.74, 6) is -1.20. The lowest BCUT2D eigenvalue weighted by Crippen LogP contribution is -2.66. The van der Waals surface area contributed by atoms with Crippen molar-refractivity contribution in [2.24, 2.45) is 5.73 Å². The van der Waals surface area contributed by atoms with Gasteiger partial charge in [0, 0.05) is 11.6 Å².